The van der Waals surface area contributed by atoms with Gasteiger partial charge in [-0.1, -0.05) is 6.07 Å². The molecule has 0 aromatic heterocycles. The Morgan fingerprint density at radius 2 is 1.92 bits per heavy atom. The Morgan fingerprint density at radius 3 is 2.46 bits per heavy atom. The van der Waals surface area contributed by atoms with Gasteiger partial charge in [0, 0.05) is 0 Å². The molecule has 13 heavy (non-hydrogen) atoms. The van der Waals surface area contributed by atoms with Gasteiger partial charge in [0.2, 0.25) is 0 Å². The average molecular weight is 203 g/mol. The lowest BCUT2D eigenvalue weighted by molar-refractivity contribution is 0.506. The van der Waals surface area contributed by atoms with Crippen LogP contribution in [0, 0.1) is 17.6 Å². The van der Waals surface area contributed by atoms with E-state index in [1.165, 1.54) is 6.07 Å². The lowest BCUT2D eigenvalue weighted by Crippen LogP contribution is -1.94. The highest BCUT2D eigenvalue weighted by molar-refractivity contribution is 6.21. The third-order valence-electron chi connectivity index (χ3n) is 2.30. The van der Waals surface area contributed by atoms with E-state index in [0.717, 1.165) is 18.9 Å². The first kappa shape index (κ1) is 8.95. The minimum atomic E-state index is -0.816. The Labute approximate surface area is 80.5 Å². The molecule has 0 bridgehead atoms. The van der Waals surface area contributed by atoms with Crippen LogP contribution >= 0.6 is 11.6 Å². The molecule has 0 N–H and O–H groups in total. The molecule has 0 spiro atoms. The number of rotatable bonds is 2. The van der Waals surface area contributed by atoms with E-state index in [9.17, 15) is 8.78 Å². The number of hydrogen-bond acceptors (Lipinski definition) is 0. The Kier molecular flexibility index (Phi) is 2.24. The normalized spacial score (nSPS) is 18.7. The van der Waals surface area contributed by atoms with Crippen molar-refractivity contribution in [2.45, 2.75) is 18.2 Å². The molecular weight excluding hydrogens is 194 g/mol. The lowest BCUT2D eigenvalue weighted by atomic mass is 10.1. The Bertz CT molecular complexity index is 321. The molecule has 1 atom stereocenters. The molecule has 1 aromatic carbocycles. The van der Waals surface area contributed by atoms with E-state index in [2.05, 4.69) is 0 Å². The van der Waals surface area contributed by atoms with E-state index < -0.39 is 11.6 Å². The first-order chi connectivity index (χ1) is 6.18. The standard InChI is InChI=1S/C10H9ClF2/c11-10(6-1-2-6)7-3-4-8(12)9(13)5-7/h3-6,10H,1-2H2. The number of benzene rings is 1. The van der Waals surface area contributed by atoms with Gasteiger partial charge >= 0.3 is 0 Å². The predicted octanol–water partition coefficient (Wildman–Crippen LogP) is 3.65. The van der Waals surface area contributed by atoms with Crippen molar-refractivity contribution in [2.75, 3.05) is 0 Å². The molecular formula is C10H9ClF2. The van der Waals surface area contributed by atoms with Crippen LogP contribution in [-0.2, 0) is 0 Å². The van der Waals surface area contributed by atoms with Gasteiger partial charge in [-0.15, -0.1) is 11.6 Å². The minimum absolute atomic E-state index is 0.157. The Balaban J connectivity index is 2.24. The molecule has 2 rings (SSSR count). The summed E-state index contributed by atoms with van der Waals surface area (Å²) in [5.74, 6) is -1.18. The van der Waals surface area contributed by atoms with Gasteiger partial charge in [-0.3, -0.25) is 0 Å². The summed E-state index contributed by atoms with van der Waals surface area (Å²) < 4.78 is 25.4. The van der Waals surface area contributed by atoms with Gasteiger partial charge in [-0.2, -0.15) is 0 Å². The molecule has 3 heteroatoms. The van der Waals surface area contributed by atoms with E-state index in [-0.39, 0.29) is 5.38 Å². The van der Waals surface area contributed by atoms with Crippen LogP contribution in [0.25, 0.3) is 0 Å². The fourth-order valence-electron chi connectivity index (χ4n) is 1.34. The summed E-state index contributed by atoms with van der Waals surface area (Å²) in [6.45, 7) is 0. The largest absolute Gasteiger partial charge is 0.204 e. The molecule has 1 fully saturated rings. The van der Waals surface area contributed by atoms with Crippen molar-refractivity contribution in [1.82, 2.24) is 0 Å². The van der Waals surface area contributed by atoms with Gasteiger partial charge < -0.3 is 0 Å². The van der Waals surface area contributed by atoms with Crippen LogP contribution in [0.1, 0.15) is 23.8 Å². The lowest BCUT2D eigenvalue weighted by Gasteiger charge is -2.07. The van der Waals surface area contributed by atoms with Crippen molar-refractivity contribution in [2.24, 2.45) is 5.92 Å². The van der Waals surface area contributed by atoms with Crippen LogP contribution in [0.2, 0.25) is 0 Å². The molecule has 0 aliphatic heterocycles. The maximum absolute atomic E-state index is 12.8. The van der Waals surface area contributed by atoms with Crippen molar-refractivity contribution in [3.63, 3.8) is 0 Å². The van der Waals surface area contributed by atoms with Crippen LogP contribution in [0.4, 0.5) is 8.78 Å². The molecule has 0 nitrogen and oxygen atoms in total. The molecule has 0 saturated heterocycles. The van der Waals surface area contributed by atoms with Gasteiger partial charge in [0.15, 0.2) is 11.6 Å². The maximum atomic E-state index is 12.8. The highest BCUT2D eigenvalue weighted by atomic mass is 35.5. The summed E-state index contributed by atoms with van der Waals surface area (Å²) in [5.41, 5.74) is 0.683. The van der Waals surface area contributed by atoms with Gasteiger partial charge in [-0.25, -0.2) is 8.78 Å². The summed E-state index contributed by atoms with van der Waals surface area (Å²) in [4.78, 5) is 0. The second-order valence-corrected chi connectivity index (χ2v) is 3.88. The van der Waals surface area contributed by atoms with Gasteiger partial charge in [0.25, 0.3) is 0 Å². The fourth-order valence-corrected chi connectivity index (χ4v) is 1.73. The van der Waals surface area contributed by atoms with Crippen LogP contribution < -0.4 is 0 Å². The molecule has 1 saturated carbocycles. The van der Waals surface area contributed by atoms with Crippen molar-refractivity contribution >= 4 is 11.6 Å². The molecule has 0 heterocycles. The third-order valence-corrected chi connectivity index (χ3v) is 2.91. The van der Waals surface area contributed by atoms with Crippen LogP contribution in [0.5, 0.6) is 0 Å². The molecule has 1 aromatic rings. The smallest absolute Gasteiger partial charge is 0.159 e. The number of hydrogen-bond donors (Lipinski definition) is 0. The molecule has 0 amide bonds. The average Bonchev–Trinajstić information content (AvgIpc) is 2.91. The maximum Gasteiger partial charge on any atom is 0.159 e. The quantitative estimate of drug-likeness (QED) is 0.643. The van der Waals surface area contributed by atoms with Crippen LogP contribution in [0.15, 0.2) is 18.2 Å². The molecule has 1 aliphatic carbocycles. The molecule has 70 valence electrons. The zero-order chi connectivity index (χ0) is 9.42. The molecule has 1 unspecified atom stereocenters. The topological polar surface area (TPSA) is 0 Å². The predicted molar refractivity (Wildman–Crippen MR) is 47.7 cm³/mol. The number of halogens is 3. The summed E-state index contributed by atoms with van der Waals surface area (Å²) in [7, 11) is 0. The zero-order valence-corrected chi connectivity index (χ0v) is 7.69. The summed E-state index contributed by atoms with van der Waals surface area (Å²) in [6, 6.07) is 3.86. The fraction of sp³-hybridized carbons (Fsp3) is 0.400. The SMILES string of the molecule is Fc1ccc(C(Cl)C2CC2)cc1F. The number of alkyl halides is 1. The van der Waals surface area contributed by atoms with E-state index in [1.54, 1.807) is 6.07 Å². The monoisotopic (exact) mass is 202 g/mol. The summed E-state index contributed by atoms with van der Waals surface area (Å²) in [5, 5.41) is -0.157. The molecule has 1 aliphatic rings. The zero-order valence-electron chi connectivity index (χ0n) is 6.93. The van der Waals surface area contributed by atoms with Crippen LogP contribution in [0.3, 0.4) is 0 Å². The van der Waals surface area contributed by atoms with Gasteiger partial charge in [0.05, 0.1) is 5.38 Å². The first-order valence-electron chi connectivity index (χ1n) is 4.27. The summed E-state index contributed by atoms with van der Waals surface area (Å²) >= 11 is 6.04. The van der Waals surface area contributed by atoms with Crippen molar-refractivity contribution in [1.29, 1.82) is 0 Å². The van der Waals surface area contributed by atoms with Gasteiger partial charge in [0.1, 0.15) is 0 Å². The van der Waals surface area contributed by atoms with E-state index in [0.29, 0.717) is 11.5 Å². The Hall–Kier alpha value is -0.630. The van der Waals surface area contributed by atoms with Crippen molar-refractivity contribution in [3.8, 4) is 0 Å². The second kappa shape index (κ2) is 3.26. The van der Waals surface area contributed by atoms with Crippen molar-refractivity contribution < 1.29 is 8.78 Å². The van der Waals surface area contributed by atoms with E-state index in [1.807, 2.05) is 0 Å². The van der Waals surface area contributed by atoms with Gasteiger partial charge in [-0.05, 0) is 36.5 Å². The van der Waals surface area contributed by atoms with Crippen LogP contribution in [-0.4, -0.2) is 0 Å². The highest BCUT2D eigenvalue weighted by Crippen LogP contribution is 2.45. The van der Waals surface area contributed by atoms with E-state index >= 15 is 0 Å². The van der Waals surface area contributed by atoms with Crippen molar-refractivity contribution in [3.05, 3.63) is 35.4 Å². The Morgan fingerprint density at radius 1 is 1.23 bits per heavy atom. The summed E-state index contributed by atoms with van der Waals surface area (Å²) in [6.07, 6.45) is 2.18. The highest BCUT2D eigenvalue weighted by Gasteiger charge is 2.31. The second-order valence-electron chi connectivity index (χ2n) is 3.41. The minimum Gasteiger partial charge on any atom is -0.204 e. The van der Waals surface area contributed by atoms with E-state index in [4.69, 9.17) is 11.6 Å². The molecule has 0 radical (unpaired) electrons. The third kappa shape index (κ3) is 1.83. The first-order valence-corrected chi connectivity index (χ1v) is 4.71.